The van der Waals surface area contributed by atoms with Gasteiger partial charge in [0.2, 0.25) is 11.9 Å². The Labute approximate surface area is 124 Å². The Hall–Kier alpha value is -2.44. The molecular formula is C15H12F4N2O. The number of hydrogen-bond donors (Lipinski definition) is 1. The van der Waals surface area contributed by atoms with E-state index in [1.54, 1.807) is 30.3 Å². The van der Waals surface area contributed by atoms with Crippen molar-refractivity contribution in [1.82, 2.24) is 10.3 Å². The van der Waals surface area contributed by atoms with Gasteiger partial charge in [-0.3, -0.25) is 4.79 Å². The van der Waals surface area contributed by atoms with Crippen LogP contribution in [0.2, 0.25) is 0 Å². The van der Waals surface area contributed by atoms with Crippen molar-refractivity contribution in [3.63, 3.8) is 0 Å². The minimum atomic E-state index is -4.61. The molecule has 3 nitrogen and oxygen atoms in total. The number of carbonyl (C=O) groups is 1. The van der Waals surface area contributed by atoms with Gasteiger partial charge in [0.05, 0.1) is 12.0 Å². The highest BCUT2D eigenvalue weighted by Gasteiger charge is 2.31. The van der Waals surface area contributed by atoms with Gasteiger partial charge >= 0.3 is 6.18 Å². The lowest BCUT2D eigenvalue weighted by Gasteiger charge is -2.10. The van der Waals surface area contributed by atoms with Gasteiger partial charge in [-0.1, -0.05) is 30.3 Å². The SMILES string of the molecule is O=C(Cc1ccccc1)NCc1cc(C(F)(F)F)cnc1F. The van der Waals surface area contributed by atoms with Crippen LogP contribution in [-0.2, 0) is 23.9 Å². The van der Waals surface area contributed by atoms with Crippen LogP contribution in [-0.4, -0.2) is 10.9 Å². The van der Waals surface area contributed by atoms with E-state index < -0.39 is 23.6 Å². The Balaban J connectivity index is 2.00. The zero-order valence-corrected chi connectivity index (χ0v) is 11.3. The molecule has 0 radical (unpaired) electrons. The van der Waals surface area contributed by atoms with Crippen LogP contribution in [0.1, 0.15) is 16.7 Å². The maximum absolute atomic E-state index is 13.4. The predicted molar refractivity (Wildman–Crippen MR) is 71.2 cm³/mol. The fraction of sp³-hybridized carbons (Fsp3) is 0.200. The first-order chi connectivity index (χ1) is 10.4. The van der Waals surface area contributed by atoms with Crippen LogP contribution in [0.25, 0.3) is 0 Å². The van der Waals surface area contributed by atoms with Gasteiger partial charge in [0, 0.05) is 18.3 Å². The minimum Gasteiger partial charge on any atom is -0.352 e. The zero-order chi connectivity index (χ0) is 16.2. The molecule has 7 heteroatoms. The van der Waals surface area contributed by atoms with Crippen molar-refractivity contribution in [2.75, 3.05) is 0 Å². The summed E-state index contributed by atoms with van der Waals surface area (Å²) in [6.45, 7) is -0.353. The number of benzene rings is 1. The van der Waals surface area contributed by atoms with Gasteiger partial charge in [-0.25, -0.2) is 4.98 Å². The normalized spacial score (nSPS) is 11.3. The molecule has 1 heterocycles. The fourth-order valence-corrected chi connectivity index (χ4v) is 1.81. The molecule has 2 aromatic rings. The summed E-state index contributed by atoms with van der Waals surface area (Å²) in [5.41, 5.74) is -0.611. The summed E-state index contributed by atoms with van der Waals surface area (Å²) in [5, 5.41) is 2.38. The fourth-order valence-electron chi connectivity index (χ4n) is 1.81. The lowest BCUT2D eigenvalue weighted by atomic mass is 10.1. The molecule has 0 atom stereocenters. The first kappa shape index (κ1) is 15.9. The van der Waals surface area contributed by atoms with Gasteiger partial charge in [-0.2, -0.15) is 17.6 Å². The zero-order valence-electron chi connectivity index (χ0n) is 11.3. The Morgan fingerprint density at radius 1 is 1.18 bits per heavy atom. The van der Waals surface area contributed by atoms with E-state index >= 15 is 0 Å². The molecule has 0 aliphatic heterocycles. The Morgan fingerprint density at radius 3 is 2.50 bits per heavy atom. The van der Waals surface area contributed by atoms with E-state index in [0.717, 1.165) is 5.56 Å². The molecule has 0 saturated heterocycles. The van der Waals surface area contributed by atoms with E-state index in [2.05, 4.69) is 10.3 Å². The number of halogens is 4. The summed E-state index contributed by atoms with van der Waals surface area (Å²) in [7, 11) is 0. The number of rotatable bonds is 4. The summed E-state index contributed by atoms with van der Waals surface area (Å²) in [4.78, 5) is 14.8. The summed E-state index contributed by atoms with van der Waals surface area (Å²) in [5.74, 6) is -1.45. The highest BCUT2D eigenvalue weighted by molar-refractivity contribution is 5.78. The molecule has 0 aliphatic carbocycles. The van der Waals surface area contributed by atoms with Gasteiger partial charge in [-0.15, -0.1) is 0 Å². The molecule has 1 N–H and O–H groups in total. The molecule has 1 aromatic heterocycles. The van der Waals surface area contributed by atoms with Gasteiger partial charge in [-0.05, 0) is 11.6 Å². The lowest BCUT2D eigenvalue weighted by Crippen LogP contribution is -2.25. The van der Waals surface area contributed by atoms with Gasteiger partial charge in [0.25, 0.3) is 0 Å². The predicted octanol–water partition coefficient (Wildman–Crippen LogP) is 3.10. The Bertz CT molecular complexity index is 656. The molecule has 2 rings (SSSR count). The number of alkyl halides is 3. The Kier molecular flexibility index (Phi) is 4.75. The first-order valence-corrected chi connectivity index (χ1v) is 6.38. The average Bonchev–Trinajstić information content (AvgIpc) is 2.46. The van der Waals surface area contributed by atoms with Gasteiger partial charge in [0.15, 0.2) is 0 Å². The number of nitrogens with zero attached hydrogens (tertiary/aromatic N) is 1. The molecule has 116 valence electrons. The monoisotopic (exact) mass is 312 g/mol. The van der Waals surface area contributed by atoms with Gasteiger partial charge in [0.1, 0.15) is 0 Å². The van der Waals surface area contributed by atoms with Crippen molar-refractivity contribution in [3.8, 4) is 0 Å². The van der Waals surface area contributed by atoms with E-state index in [1.807, 2.05) is 0 Å². The van der Waals surface area contributed by atoms with Crippen molar-refractivity contribution in [1.29, 1.82) is 0 Å². The quantitative estimate of drug-likeness (QED) is 0.696. The van der Waals surface area contributed by atoms with Crippen LogP contribution in [0, 0.1) is 5.95 Å². The summed E-state index contributed by atoms with van der Waals surface area (Å²) < 4.78 is 51.0. The molecular weight excluding hydrogens is 300 g/mol. The third-order valence-electron chi connectivity index (χ3n) is 2.92. The smallest absolute Gasteiger partial charge is 0.352 e. The summed E-state index contributed by atoms with van der Waals surface area (Å²) in [6.07, 6.45) is -4.12. The number of nitrogens with one attached hydrogen (secondary N) is 1. The second-order valence-corrected chi connectivity index (χ2v) is 4.61. The molecule has 1 aromatic carbocycles. The largest absolute Gasteiger partial charge is 0.417 e. The molecule has 0 fully saturated rings. The number of carbonyl (C=O) groups excluding carboxylic acids is 1. The third kappa shape index (κ3) is 4.28. The maximum Gasteiger partial charge on any atom is 0.417 e. The highest BCUT2D eigenvalue weighted by Crippen LogP contribution is 2.29. The number of pyridine rings is 1. The molecule has 22 heavy (non-hydrogen) atoms. The highest BCUT2D eigenvalue weighted by atomic mass is 19.4. The maximum atomic E-state index is 13.4. The van der Waals surface area contributed by atoms with Crippen molar-refractivity contribution in [3.05, 3.63) is 65.2 Å². The van der Waals surface area contributed by atoms with Crippen molar-refractivity contribution >= 4 is 5.91 Å². The van der Waals surface area contributed by atoms with Crippen LogP contribution < -0.4 is 5.32 Å². The van der Waals surface area contributed by atoms with Crippen molar-refractivity contribution in [2.24, 2.45) is 0 Å². The average molecular weight is 312 g/mol. The molecule has 0 spiro atoms. The topological polar surface area (TPSA) is 42.0 Å². The van der Waals surface area contributed by atoms with Crippen molar-refractivity contribution in [2.45, 2.75) is 19.1 Å². The minimum absolute atomic E-state index is 0.0643. The number of aromatic nitrogens is 1. The van der Waals surface area contributed by atoms with E-state index in [0.29, 0.717) is 12.3 Å². The van der Waals surface area contributed by atoms with E-state index in [-0.39, 0.29) is 18.5 Å². The standard InChI is InChI=1S/C15H12F4N2O/c16-14-11(7-12(9-21-14)15(17,18)19)8-20-13(22)6-10-4-2-1-3-5-10/h1-5,7,9H,6,8H2,(H,20,22). The third-order valence-corrected chi connectivity index (χ3v) is 2.92. The number of amides is 1. The molecule has 0 aliphatic rings. The van der Waals surface area contributed by atoms with Crippen LogP contribution in [0.5, 0.6) is 0 Å². The van der Waals surface area contributed by atoms with Crippen LogP contribution in [0.3, 0.4) is 0 Å². The first-order valence-electron chi connectivity index (χ1n) is 6.38. The van der Waals surface area contributed by atoms with E-state index in [9.17, 15) is 22.4 Å². The van der Waals surface area contributed by atoms with Crippen molar-refractivity contribution < 1.29 is 22.4 Å². The van der Waals surface area contributed by atoms with Gasteiger partial charge < -0.3 is 5.32 Å². The lowest BCUT2D eigenvalue weighted by molar-refractivity contribution is -0.137. The molecule has 1 amide bonds. The van der Waals surface area contributed by atoms with E-state index in [4.69, 9.17) is 0 Å². The van der Waals surface area contributed by atoms with E-state index in [1.165, 1.54) is 0 Å². The number of hydrogen-bond acceptors (Lipinski definition) is 2. The Morgan fingerprint density at radius 2 is 1.86 bits per heavy atom. The summed E-state index contributed by atoms with van der Waals surface area (Å²) in [6, 6.07) is 9.45. The molecule has 0 unspecified atom stereocenters. The second kappa shape index (κ2) is 6.55. The second-order valence-electron chi connectivity index (χ2n) is 4.61. The molecule has 0 bridgehead atoms. The van der Waals surface area contributed by atoms with Crippen LogP contribution in [0.15, 0.2) is 42.6 Å². The van der Waals surface area contributed by atoms with Crippen LogP contribution >= 0.6 is 0 Å². The molecule has 0 saturated carbocycles. The summed E-state index contributed by atoms with van der Waals surface area (Å²) >= 11 is 0. The van der Waals surface area contributed by atoms with Crippen LogP contribution in [0.4, 0.5) is 17.6 Å².